The van der Waals surface area contributed by atoms with Crippen LogP contribution < -0.4 is 11.1 Å². The Kier molecular flexibility index (Phi) is 4.11. The van der Waals surface area contributed by atoms with E-state index in [-0.39, 0.29) is 5.91 Å². The zero-order valence-electron chi connectivity index (χ0n) is 13.0. The number of rotatable bonds is 4. The van der Waals surface area contributed by atoms with Gasteiger partial charge in [-0.25, -0.2) is 4.98 Å². The van der Waals surface area contributed by atoms with Crippen LogP contribution in [0.25, 0.3) is 22.7 Å². The minimum absolute atomic E-state index is 0.184. The molecule has 2 aromatic heterocycles. The SMILES string of the molecule is CC(=O)Nc1ccnc2[nH]cc(/C=C(/C(N)=O)c3ccccc3)c12. The molecule has 4 N–H and O–H groups in total. The fraction of sp³-hybridized carbons (Fsp3) is 0.0556. The van der Waals surface area contributed by atoms with E-state index in [2.05, 4.69) is 15.3 Å². The lowest BCUT2D eigenvalue weighted by Gasteiger charge is -2.06. The number of pyridine rings is 1. The molecule has 0 bridgehead atoms. The standard InChI is InChI=1S/C18H16N4O2/c1-11(23)22-15-7-8-20-18-16(15)13(10-21-18)9-14(17(19)24)12-5-3-2-4-6-12/h2-10H,1H3,(H2,19,24)(H2,20,21,22,23)/b14-9+. The topological polar surface area (TPSA) is 101 Å². The molecule has 120 valence electrons. The number of hydrogen-bond acceptors (Lipinski definition) is 3. The number of carbonyl (C=O) groups is 2. The van der Waals surface area contributed by atoms with Crippen molar-refractivity contribution in [1.82, 2.24) is 9.97 Å². The van der Waals surface area contributed by atoms with E-state index in [4.69, 9.17) is 5.73 Å². The molecule has 2 amide bonds. The fourth-order valence-electron chi connectivity index (χ4n) is 2.56. The van der Waals surface area contributed by atoms with Crippen LogP contribution in [0.4, 0.5) is 5.69 Å². The molecule has 0 aliphatic carbocycles. The van der Waals surface area contributed by atoms with Crippen LogP contribution in [-0.4, -0.2) is 21.8 Å². The van der Waals surface area contributed by atoms with E-state index in [1.165, 1.54) is 6.92 Å². The highest BCUT2D eigenvalue weighted by Crippen LogP contribution is 2.28. The van der Waals surface area contributed by atoms with E-state index >= 15 is 0 Å². The van der Waals surface area contributed by atoms with Gasteiger partial charge in [-0.15, -0.1) is 0 Å². The third-order valence-corrected chi connectivity index (χ3v) is 3.56. The highest BCUT2D eigenvalue weighted by molar-refractivity contribution is 6.24. The number of hydrogen-bond donors (Lipinski definition) is 3. The van der Waals surface area contributed by atoms with E-state index in [9.17, 15) is 9.59 Å². The number of fused-ring (bicyclic) bond motifs is 1. The number of primary amides is 1. The van der Waals surface area contributed by atoms with Gasteiger partial charge in [0, 0.05) is 35.8 Å². The van der Waals surface area contributed by atoms with E-state index in [0.717, 1.165) is 16.5 Å². The van der Waals surface area contributed by atoms with Crippen LogP contribution in [0, 0.1) is 0 Å². The molecule has 0 spiro atoms. The Balaban J connectivity index is 2.18. The average Bonchev–Trinajstić information content (AvgIpc) is 2.97. The van der Waals surface area contributed by atoms with Gasteiger partial charge in [0.1, 0.15) is 5.65 Å². The maximum atomic E-state index is 11.9. The monoisotopic (exact) mass is 320 g/mol. The summed E-state index contributed by atoms with van der Waals surface area (Å²) in [6, 6.07) is 10.9. The predicted octanol–water partition coefficient (Wildman–Crippen LogP) is 2.55. The summed E-state index contributed by atoms with van der Waals surface area (Å²) in [5.74, 6) is -0.711. The quantitative estimate of drug-likeness (QED) is 0.644. The van der Waals surface area contributed by atoms with Crippen molar-refractivity contribution in [3.8, 4) is 0 Å². The number of anilines is 1. The third-order valence-electron chi connectivity index (χ3n) is 3.56. The predicted molar refractivity (Wildman–Crippen MR) is 93.9 cm³/mol. The first-order valence-electron chi connectivity index (χ1n) is 7.37. The Bertz CT molecular complexity index is 942. The highest BCUT2D eigenvalue weighted by Gasteiger charge is 2.13. The second-order valence-corrected chi connectivity index (χ2v) is 5.30. The number of H-pyrrole nitrogens is 1. The van der Waals surface area contributed by atoms with Crippen molar-refractivity contribution in [1.29, 1.82) is 0 Å². The van der Waals surface area contributed by atoms with Gasteiger partial charge in [-0.2, -0.15) is 0 Å². The van der Waals surface area contributed by atoms with Gasteiger partial charge in [0.05, 0.1) is 5.69 Å². The number of benzene rings is 1. The van der Waals surface area contributed by atoms with E-state index in [0.29, 0.717) is 16.9 Å². The van der Waals surface area contributed by atoms with Crippen LogP contribution in [0.2, 0.25) is 0 Å². The Morgan fingerprint density at radius 3 is 2.62 bits per heavy atom. The first-order valence-corrected chi connectivity index (χ1v) is 7.37. The summed E-state index contributed by atoms with van der Waals surface area (Å²) in [6.45, 7) is 1.44. The Morgan fingerprint density at radius 1 is 1.21 bits per heavy atom. The van der Waals surface area contributed by atoms with Crippen LogP contribution in [-0.2, 0) is 9.59 Å². The normalized spacial score (nSPS) is 11.5. The molecule has 24 heavy (non-hydrogen) atoms. The Morgan fingerprint density at radius 2 is 1.96 bits per heavy atom. The van der Waals surface area contributed by atoms with Crippen molar-refractivity contribution >= 4 is 40.2 Å². The van der Waals surface area contributed by atoms with Gasteiger partial charge in [0.15, 0.2) is 0 Å². The zero-order chi connectivity index (χ0) is 17.1. The van der Waals surface area contributed by atoms with Crippen LogP contribution in [0.15, 0.2) is 48.8 Å². The first kappa shape index (κ1) is 15.5. The summed E-state index contributed by atoms with van der Waals surface area (Å²) in [5.41, 5.74) is 8.61. The van der Waals surface area contributed by atoms with Gasteiger partial charge in [-0.3, -0.25) is 9.59 Å². The lowest BCUT2D eigenvalue weighted by Crippen LogP contribution is -2.12. The molecule has 0 aliphatic rings. The minimum Gasteiger partial charge on any atom is -0.366 e. The van der Waals surface area contributed by atoms with Crippen LogP contribution >= 0.6 is 0 Å². The van der Waals surface area contributed by atoms with Crippen molar-refractivity contribution in [2.45, 2.75) is 6.92 Å². The second-order valence-electron chi connectivity index (χ2n) is 5.30. The van der Waals surface area contributed by atoms with Gasteiger partial charge >= 0.3 is 0 Å². The maximum Gasteiger partial charge on any atom is 0.249 e. The van der Waals surface area contributed by atoms with Crippen LogP contribution in [0.1, 0.15) is 18.1 Å². The van der Waals surface area contributed by atoms with Crippen molar-refractivity contribution < 1.29 is 9.59 Å². The average molecular weight is 320 g/mol. The summed E-state index contributed by atoms with van der Waals surface area (Å²) in [7, 11) is 0. The van der Waals surface area contributed by atoms with Gasteiger partial charge in [-0.1, -0.05) is 30.3 Å². The van der Waals surface area contributed by atoms with Crippen LogP contribution in [0.3, 0.4) is 0 Å². The summed E-state index contributed by atoms with van der Waals surface area (Å²) in [6.07, 6.45) is 5.03. The summed E-state index contributed by atoms with van der Waals surface area (Å²) in [4.78, 5) is 30.6. The molecule has 2 heterocycles. The smallest absolute Gasteiger partial charge is 0.249 e. The fourth-order valence-corrected chi connectivity index (χ4v) is 2.56. The lowest BCUT2D eigenvalue weighted by molar-refractivity contribution is -0.114. The first-order chi connectivity index (χ1) is 11.6. The van der Waals surface area contributed by atoms with E-state index in [1.54, 1.807) is 24.5 Å². The van der Waals surface area contributed by atoms with E-state index in [1.807, 2.05) is 30.3 Å². The van der Waals surface area contributed by atoms with Crippen LogP contribution in [0.5, 0.6) is 0 Å². The van der Waals surface area contributed by atoms with Gasteiger partial charge in [-0.05, 0) is 17.7 Å². The molecular formula is C18H16N4O2. The van der Waals surface area contributed by atoms with Crippen molar-refractivity contribution in [2.75, 3.05) is 5.32 Å². The molecule has 3 aromatic rings. The number of nitrogens with zero attached hydrogens (tertiary/aromatic N) is 1. The third kappa shape index (κ3) is 3.03. The summed E-state index contributed by atoms with van der Waals surface area (Å²) in [5, 5.41) is 3.50. The molecule has 0 unspecified atom stereocenters. The zero-order valence-corrected chi connectivity index (χ0v) is 13.0. The van der Waals surface area contributed by atoms with Gasteiger partial charge < -0.3 is 16.0 Å². The van der Waals surface area contributed by atoms with E-state index < -0.39 is 5.91 Å². The number of nitrogens with two attached hydrogens (primary N) is 1. The molecule has 0 aliphatic heterocycles. The molecule has 0 fully saturated rings. The Hall–Kier alpha value is -3.41. The number of nitrogens with one attached hydrogen (secondary N) is 2. The molecule has 6 nitrogen and oxygen atoms in total. The lowest BCUT2D eigenvalue weighted by atomic mass is 10.0. The molecule has 0 saturated heterocycles. The molecular weight excluding hydrogens is 304 g/mol. The molecule has 0 radical (unpaired) electrons. The summed E-state index contributed by atoms with van der Waals surface area (Å²) >= 11 is 0. The Labute approximate surface area is 138 Å². The van der Waals surface area contributed by atoms with Crippen molar-refractivity contribution in [3.63, 3.8) is 0 Å². The maximum absolute atomic E-state index is 11.9. The second kappa shape index (κ2) is 6.37. The van der Waals surface area contributed by atoms with Gasteiger partial charge in [0.2, 0.25) is 11.8 Å². The van der Waals surface area contributed by atoms with Gasteiger partial charge in [0.25, 0.3) is 0 Å². The molecule has 3 rings (SSSR count). The molecule has 0 saturated carbocycles. The number of carbonyl (C=O) groups excluding carboxylic acids is 2. The number of aromatic nitrogens is 2. The molecule has 1 aromatic carbocycles. The largest absolute Gasteiger partial charge is 0.366 e. The number of aromatic amines is 1. The molecule has 0 atom stereocenters. The number of amides is 2. The summed E-state index contributed by atoms with van der Waals surface area (Å²) < 4.78 is 0. The highest BCUT2D eigenvalue weighted by atomic mass is 16.1. The van der Waals surface area contributed by atoms with Crippen molar-refractivity contribution in [2.24, 2.45) is 5.73 Å². The molecule has 6 heteroatoms. The minimum atomic E-state index is -0.527. The van der Waals surface area contributed by atoms with Crippen molar-refractivity contribution in [3.05, 3.63) is 59.9 Å².